The zero-order chi connectivity index (χ0) is 15.4. The number of hydrogen-bond acceptors (Lipinski definition) is 4. The van der Waals surface area contributed by atoms with Crippen molar-refractivity contribution in [2.45, 2.75) is 26.1 Å². The highest BCUT2D eigenvalue weighted by Gasteiger charge is 2.26. The van der Waals surface area contributed by atoms with Crippen LogP contribution in [0.15, 0.2) is 48.7 Å². The molecule has 2 heterocycles. The van der Waals surface area contributed by atoms with Crippen molar-refractivity contribution >= 4 is 12.4 Å². The number of pyridine rings is 1. The van der Waals surface area contributed by atoms with E-state index in [1.807, 2.05) is 30.3 Å². The minimum absolute atomic E-state index is 0. The lowest BCUT2D eigenvalue weighted by atomic mass is 10.1. The highest BCUT2D eigenvalue weighted by molar-refractivity contribution is 5.85. The second kappa shape index (κ2) is 8.29. The van der Waals surface area contributed by atoms with Crippen molar-refractivity contribution in [1.29, 1.82) is 0 Å². The lowest BCUT2D eigenvalue weighted by Gasteiger charge is -2.18. The average molecular weight is 334 g/mol. The fourth-order valence-electron chi connectivity index (χ4n) is 2.88. The molecule has 0 radical (unpaired) electrons. The number of nitrogens with two attached hydrogens (primary N) is 1. The Morgan fingerprint density at radius 2 is 1.96 bits per heavy atom. The summed E-state index contributed by atoms with van der Waals surface area (Å²) in [5, 5.41) is 0. The summed E-state index contributed by atoms with van der Waals surface area (Å²) in [4.78, 5) is 6.70. The second-order valence-electron chi connectivity index (χ2n) is 6.05. The number of ether oxygens (including phenoxy) is 1. The fourth-order valence-corrected chi connectivity index (χ4v) is 2.88. The van der Waals surface area contributed by atoms with Crippen LogP contribution in [0.4, 0.5) is 0 Å². The smallest absolute Gasteiger partial charge is 0.130 e. The lowest BCUT2D eigenvalue weighted by molar-refractivity contribution is 0.279. The van der Waals surface area contributed by atoms with Crippen LogP contribution < -0.4 is 10.5 Å². The van der Waals surface area contributed by atoms with Crippen molar-refractivity contribution in [3.63, 3.8) is 0 Å². The van der Waals surface area contributed by atoms with Gasteiger partial charge in [0, 0.05) is 37.4 Å². The highest BCUT2D eigenvalue weighted by Crippen LogP contribution is 2.24. The predicted octanol–water partition coefficient (Wildman–Crippen LogP) is 2.86. The summed E-state index contributed by atoms with van der Waals surface area (Å²) >= 11 is 0. The number of aromatic nitrogens is 1. The number of halogens is 1. The molecular weight excluding hydrogens is 310 g/mol. The molecule has 23 heavy (non-hydrogen) atoms. The molecule has 2 unspecified atom stereocenters. The van der Waals surface area contributed by atoms with Crippen LogP contribution in [0.3, 0.4) is 0 Å². The van der Waals surface area contributed by atoms with Gasteiger partial charge in [-0.1, -0.05) is 31.2 Å². The van der Waals surface area contributed by atoms with Crippen LogP contribution in [-0.2, 0) is 13.2 Å². The molecule has 0 bridgehead atoms. The van der Waals surface area contributed by atoms with Crippen molar-refractivity contribution < 1.29 is 4.74 Å². The van der Waals surface area contributed by atoms with Crippen LogP contribution in [0, 0.1) is 5.92 Å². The molecule has 1 saturated heterocycles. The molecule has 124 valence electrons. The molecule has 1 aromatic heterocycles. The van der Waals surface area contributed by atoms with Crippen LogP contribution in [-0.4, -0.2) is 29.0 Å². The zero-order valence-electron chi connectivity index (χ0n) is 13.4. The maximum absolute atomic E-state index is 6.11. The van der Waals surface area contributed by atoms with Gasteiger partial charge >= 0.3 is 0 Å². The van der Waals surface area contributed by atoms with E-state index < -0.39 is 0 Å². The number of likely N-dealkylation sites (tertiary alicyclic amines) is 1. The van der Waals surface area contributed by atoms with Gasteiger partial charge in [0.05, 0.1) is 5.69 Å². The van der Waals surface area contributed by atoms with E-state index in [1.165, 1.54) is 5.56 Å². The predicted molar refractivity (Wildman–Crippen MR) is 94.7 cm³/mol. The van der Waals surface area contributed by atoms with Gasteiger partial charge in [0.2, 0.25) is 0 Å². The molecule has 1 aromatic carbocycles. The topological polar surface area (TPSA) is 51.4 Å². The van der Waals surface area contributed by atoms with Crippen molar-refractivity contribution in [1.82, 2.24) is 9.88 Å². The molecule has 0 spiro atoms. The van der Waals surface area contributed by atoms with Gasteiger partial charge in [-0.25, -0.2) is 0 Å². The maximum Gasteiger partial charge on any atom is 0.130 e. The molecule has 2 aromatic rings. The summed E-state index contributed by atoms with van der Waals surface area (Å²) in [7, 11) is 0. The van der Waals surface area contributed by atoms with Gasteiger partial charge in [-0.05, 0) is 24.1 Å². The molecule has 2 atom stereocenters. The van der Waals surface area contributed by atoms with Crippen LogP contribution in [0.2, 0.25) is 0 Å². The lowest BCUT2D eigenvalue weighted by Crippen LogP contribution is -2.28. The number of para-hydroxylation sites is 1. The third-order valence-corrected chi connectivity index (χ3v) is 4.21. The monoisotopic (exact) mass is 333 g/mol. The molecule has 0 saturated carbocycles. The van der Waals surface area contributed by atoms with E-state index >= 15 is 0 Å². The summed E-state index contributed by atoms with van der Waals surface area (Å²) in [6, 6.07) is 14.4. The van der Waals surface area contributed by atoms with Gasteiger partial charge in [0.15, 0.2) is 0 Å². The first kappa shape index (κ1) is 17.7. The molecular formula is C18H24ClN3O. The summed E-state index contributed by atoms with van der Waals surface area (Å²) in [5.41, 5.74) is 8.26. The Kier molecular flexibility index (Phi) is 6.39. The van der Waals surface area contributed by atoms with Gasteiger partial charge in [0.1, 0.15) is 12.4 Å². The first-order chi connectivity index (χ1) is 10.7. The Hall–Kier alpha value is -1.62. The van der Waals surface area contributed by atoms with Gasteiger partial charge in [-0.2, -0.15) is 0 Å². The molecule has 0 amide bonds. The second-order valence-corrected chi connectivity index (χ2v) is 6.05. The number of rotatable bonds is 5. The largest absolute Gasteiger partial charge is 0.487 e. The quantitative estimate of drug-likeness (QED) is 0.914. The first-order valence-electron chi connectivity index (χ1n) is 7.81. The van der Waals surface area contributed by atoms with Gasteiger partial charge in [-0.3, -0.25) is 9.88 Å². The van der Waals surface area contributed by atoms with Crippen LogP contribution in [0.1, 0.15) is 18.2 Å². The van der Waals surface area contributed by atoms with Crippen molar-refractivity contribution in [3.05, 3.63) is 59.9 Å². The number of nitrogens with zero attached hydrogens (tertiary/aromatic N) is 2. The van der Waals surface area contributed by atoms with E-state index in [0.717, 1.165) is 31.1 Å². The Morgan fingerprint density at radius 1 is 1.17 bits per heavy atom. The van der Waals surface area contributed by atoms with Gasteiger partial charge in [0.25, 0.3) is 0 Å². The fraction of sp³-hybridized carbons (Fsp3) is 0.389. The van der Waals surface area contributed by atoms with E-state index in [2.05, 4.69) is 28.9 Å². The van der Waals surface area contributed by atoms with E-state index in [-0.39, 0.29) is 18.4 Å². The molecule has 0 aliphatic carbocycles. The van der Waals surface area contributed by atoms with E-state index in [4.69, 9.17) is 10.5 Å². The standard InChI is InChI=1S/C18H23N3O.ClH/c1-14-10-21(12-17(14)19)11-15-6-2-3-8-18(15)22-13-16-7-4-5-9-20-16;/h2-9,14,17H,10-13,19H2,1H3;1H. The Bertz CT molecular complexity index is 598. The summed E-state index contributed by atoms with van der Waals surface area (Å²) in [5.74, 6) is 1.49. The molecule has 4 nitrogen and oxygen atoms in total. The highest BCUT2D eigenvalue weighted by atomic mass is 35.5. The number of benzene rings is 1. The molecule has 5 heteroatoms. The molecule has 1 aliphatic heterocycles. The van der Waals surface area contributed by atoms with Crippen molar-refractivity contribution in [2.24, 2.45) is 11.7 Å². The Labute approximate surface area is 144 Å². The normalized spacial score (nSPS) is 21.0. The third kappa shape index (κ3) is 4.67. The Morgan fingerprint density at radius 3 is 2.65 bits per heavy atom. The van der Waals surface area contributed by atoms with Crippen LogP contribution >= 0.6 is 12.4 Å². The summed E-state index contributed by atoms with van der Waals surface area (Å²) in [6.45, 7) is 5.60. The summed E-state index contributed by atoms with van der Waals surface area (Å²) < 4.78 is 5.97. The van der Waals surface area contributed by atoms with Crippen LogP contribution in [0.25, 0.3) is 0 Å². The number of hydrogen-bond donors (Lipinski definition) is 1. The minimum atomic E-state index is 0. The Balaban J connectivity index is 0.00000192. The minimum Gasteiger partial charge on any atom is -0.487 e. The van der Waals surface area contributed by atoms with Crippen LogP contribution in [0.5, 0.6) is 5.75 Å². The molecule has 1 fully saturated rings. The summed E-state index contributed by atoms with van der Waals surface area (Å²) in [6.07, 6.45) is 1.79. The SMILES string of the molecule is CC1CN(Cc2ccccc2OCc2ccccn2)CC1N.Cl. The molecule has 2 N–H and O–H groups in total. The molecule has 1 aliphatic rings. The first-order valence-corrected chi connectivity index (χ1v) is 7.81. The van der Waals surface area contributed by atoms with Gasteiger partial charge < -0.3 is 10.5 Å². The van der Waals surface area contributed by atoms with Crippen molar-refractivity contribution in [3.8, 4) is 5.75 Å². The van der Waals surface area contributed by atoms with E-state index in [0.29, 0.717) is 12.5 Å². The van der Waals surface area contributed by atoms with Gasteiger partial charge in [-0.15, -0.1) is 12.4 Å². The zero-order valence-corrected chi connectivity index (χ0v) is 14.2. The van der Waals surface area contributed by atoms with Crippen molar-refractivity contribution in [2.75, 3.05) is 13.1 Å². The van der Waals surface area contributed by atoms with E-state index in [1.54, 1.807) is 6.20 Å². The molecule has 3 rings (SSSR count). The average Bonchev–Trinajstić information content (AvgIpc) is 2.85. The van der Waals surface area contributed by atoms with E-state index in [9.17, 15) is 0 Å². The maximum atomic E-state index is 6.11. The third-order valence-electron chi connectivity index (χ3n) is 4.21.